The van der Waals surface area contributed by atoms with Gasteiger partial charge < -0.3 is 9.64 Å². The molecule has 1 saturated heterocycles. The molecule has 0 N–H and O–H groups in total. The second-order valence-electron chi connectivity index (χ2n) is 4.67. The second-order valence-corrected chi connectivity index (χ2v) is 4.67. The van der Waals surface area contributed by atoms with Gasteiger partial charge in [0, 0.05) is 6.54 Å². The Morgan fingerprint density at radius 1 is 1.47 bits per heavy atom. The van der Waals surface area contributed by atoms with Crippen molar-refractivity contribution in [3.8, 4) is 0 Å². The Morgan fingerprint density at radius 2 is 2.35 bits per heavy atom. The highest BCUT2D eigenvalue weighted by Crippen LogP contribution is 2.22. The van der Waals surface area contributed by atoms with Gasteiger partial charge in [-0.25, -0.2) is 9.67 Å². The fourth-order valence-electron chi connectivity index (χ4n) is 2.44. The number of nitrogens with zero attached hydrogens (tertiary/aromatic N) is 4. The predicted octanol–water partition coefficient (Wildman–Crippen LogP) is 0.188. The normalized spacial score (nSPS) is 28.2. The molecule has 2 atom stereocenters. The van der Waals surface area contributed by atoms with E-state index in [1.165, 1.54) is 6.33 Å². The minimum atomic E-state index is -0.250. The van der Waals surface area contributed by atoms with Crippen LogP contribution in [0.1, 0.15) is 25.6 Å². The van der Waals surface area contributed by atoms with Crippen LogP contribution in [0.2, 0.25) is 0 Å². The number of aromatic nitrogens is 3. The van der Waals surface area contributed by atoms with Crippen LogP contribution in [0.15, 0.2) is 6.33 Å². The predicted molar refractivity (Wildman–Crippen MR) is 59.0 cm³/mol. The minimum absolute atomic E-state index is 0.101. The summed E-state index contributed by atoms with van der Waals surface area (Å²) in [5, 5.41) is 4.10. The van der Waals surface area contributed by atoms with Crippen molar-refractivity contribution in [2.75, 3.05) is 6.54 Å². The fourth-order valence-corrected chi connectivity index (χ4v) is 2.44. The summed E-state index contributed by atoms with van der Waals surface area (Å²) in [6.45, 7) is 3.99. The Morgan fingerprint density at radius 3 is 3.12 bits per heavy atom. The van der Waals surface area contributed by atoms with Gasteiger partial charge in [0.2, 0.25) is 0 Å². The summed E-state index contributed by atoms with van der Waals surface area (Å²) in [6.07, 6.45) is 3.30. The summed E-state index contributed by atoms with van der Waals surface area (Å²) in [7, 11) is 0. The molecule has 0 bridgehead atoms. The summed E-state index contributed by atoms with van der Waals surface area (Å²) in [5.41, 5.74) is 0. The van der Waals surface area contributed by atoms with Crippen molar-refractivity contribution < 1.29 is 9.53 Å². The highest BCUT2D eigenvalue weighted by molar-refractivity contribution is 5.81. The molecular formula is C11H16N4O2. The molecule has 3 heterocycles. The lowest BCUT2D eigenvalue weighted by Gasteiger charge is -2.28. The summed E-state index contributed by atoms with van der Waals surface area (Å²) >= 11 is 0. The van der Waals surface area contributed by atoms with E-state index >= 15 is 0 Å². The summed E-state index contributed by atoms with van der Waals surface area (Å²) in [5.74, 6) is 0.958. The van der Waals surface area contributed by atoms with Crippen LogP contribution in [-0.4, -0.2) is 44.3 Å². The molecule has 1 aromatic rings. The third-order valence-corrected chi connectivity index (χ3v) is 3.43. The third-order valence-electron chi connectivity index (χ3n) is 3.43. The molecule has 0 aromatic carbocycles. The van der Waals surface area contributed by atoms with Gasteiger partial charge in [-0.3, -0.25) is 4.79 Å². The van der Waals surface area contributed by atoms with Gasteiger partial charge in [0.15, 0.2) is 0 Å². The Hall–Kier alpha value is -1.43. The molecule has 6 nitrogen and oxygen atoms in total. The van der Waals surface area contributed by atoms with E-state index in [1.54, 1.807) is 0 Å². The van der Waals surface area contributed by atoms with Gasteiger partial charge >= 0.3 is 0 Å². The number of carbonyl (C=O) groups excluding carboxylic acids is 1. The van der Waals surface area contributed by atoms with E-state index in [2.05, 4.69) is 10.1 Å². The molecule has 0 radical (unpaired) electrons. The molecule has 0 spiro atoms. The van der Waals surface area contributed by atoms with Gasteiger partial charge in [0.05, 0.1) is 19.2 Å². The lowest BCUT2D eigenvalue weighted by molar-refractivity contribution is -0.144. The van der Waals surface area contributed by atoms with Crippen molar-refractivity contribution in [3.63, 3.8) is 0 Å². The molecule has 3 rings (SSSR count). The first-order valence-corrected chi connectivity index (χ1v) is 6.05. The molecule has 2 unspecified atom stereocenters. The molecule has 2 aliphatic heterocycles. The van der Waals surface area contributed by atoms with E-state index in [-0.39, 0.29) is 18.1 Å². The lowest BCUT2D eigenvalue weighted by atomic mass is 10.2. The molecule has 92 valence electrons. The zero-order chi connectivity index (χ0) is 11.8. The number of ether oxygens (including phenoxy) is 1. The van der Waals surface area contributed by atoms with Crippen molar-refractivity contribution in [3.05, 3.63) is 12.2 Å². The van der Waals surface area contributed by atoms with E-state index in [9.17, 15) is 4.79 Å². The summed E-state index contributed by atoms with van der Waals surface area (Å²) in [4.78, 5) is 18.2. The monoisotopic (exact) mass is 236 g/mol. The van der Waals surface area contributed by atoms with Crippen molar-refractivity contribution in [1.82, 2.24) is 19.7 Å². The number of rotatable bonds is 1. The number of carbonyl (C=O) groups is 1. The maximum atomic E-state index is 12.2. The summed E-state index contributed by atoms with van der Waals surface area (Å²) in [6, 6.07) is 0. The highest BCUT2D eigenvalue weighted by Gasteiger charge is 2.33. The van der Waals surface area contributed by atoms with E-state index < -0.39 is 0 Å². The molecule has 6 heteroatoms. The lowest BCUT2D eigenvalue weighted by Crippen LogP contribution is -2.43. The summed E-state index contributed by atoms with van der Waals surface area (Å²) < 4.78 is 7.46. The number of hydrogen-bond donors (Lipinski definition) is 0. The Balaban J connectivity index is 1.68. The molecule has 0 aliphatic carbocycles. The van der Waals surface area contributed by atoms with Crippen LogP contribution in [0, 0.1) is 0 Å². The molecule has 1 fully saturated rings. The van der Waals surface area contributed by atoms with E-state index in [4.69, 9.17) is 4.74 Å². The van der Waals surface area contributed by atoms with E-state index in [0.29, 0.717) is 13.1 Å². The Bertz CT molecular complexity index is 431. The molecule has 0 saturated carbocycles. The SMILES string of the molecule is CC1CCC(C(=O)N2CCn3ncnc3C2)O1. The zero-order valence-electron chi connectivity index (χ0n) is 9.87. The quantitative estimate of drug-likeness (QED) is 0.698. The smallest absolute Gasteiger partial charge is 0.252 e. The molecule has 17 heavy (non-hydrogen) atoms. The third kappa shape index (κ3) is 1.93. The first-order valence-electron chi connectivity index (χ1n) is 6.05. The second kappa shape index (κ2) is 4.10. The van der Waals surface area contributed by atoms with Crippen LogP contribution in [0.4, 0.5) is 0 Å². The zero-order valence-corrected chi connectivity index (χ0v) is 9.87. The largest absolute Gasteiger partial charge is 0.365 e. The highest BCUT2D eigenvalue weighted by atomic mass is 16.5. The van der Waals surface area contributed by atoms with Gasteiger partial charge in [-0.15, -0.1) is 0 Å². The van der Waals surface area contributed by atoms with Crippen molar-refractivity contribution in [2.24, 2.45) is 0 Å². The van der Waals surface area contributed by atoms with Crippen LogP contribution < -0.4 is 0 Å². The minimum Gasteiger partial charge on any atom is -0.365 e. The van der Waals surface area contributed by atoms with Gasteiger partial charge in [0.1, 0.15) is 18.3 Å². The van der Waals surface area contributed by atoms with Crippen LogP contribution >= 0.6 is 0 Å². The van der Waals surface area contributed by atoms with Crippen LogP contribution in [0.5, 0.6) is 0 Å². The average molecular weight is 236 g/mol. The topological polar surface area (TPSA) is 60.2 Å². The van der Waals surface area contributed by atoms with Gasteiger partial charge in [-0.05, 0) is 19.8 Å². The van der Waals surface area contributed by atoms with Crippen molar-refractivity contribution in [1.29, 1.82) is 0 Å². The van der Waals surface area contributed by atoms with Crippen molar-refractivity contribution >= 4 is 5.91 Å². The van der Waals surface area contributed by atoms with Crippen LogP contribution in [0.3, 0.4) is 0 Å². The first kappa shape index (κ1) is 10.7. The van der Waals surface area contributed by atoms with Gasteiger partial charge in [-0.2, -0.15) is 5.10 Å². The number of hydrogen-bond acceptors (Lipinski definition) is 4. The molecule has 1 aromatic heterocycles. The Kier molecular flexibility index (Phi) is 2.58. The average Bonchev–Trinajstić information content (AvgIpc) is 2.95. The van der Waals surface area contributed by atoms with Crippen molar-refractivity contribution in [2.45, 2.75) is 45.1 Å². The van der Waals surface area contributed by atoms with Gasteiger partial charge in [-0.1, -0.05) is 0 Å². The van der Waals surface area contributed by atoms with Crippen LogP contribution in [0.25, 0.3) is 0 Å². The van der Waals surface area contributed by atoms with Gasteiger partial charge in [0.25, 0.3) is 5.91 Å². The number of amides is 1. The maximum Gasteiger partial charge on any atom is 0.252 e. The Labute approximate surface area is 99.6 Å². The standard InChI is InChI=1S/C11H16N4O2/c1-8-2-3-9(17-8)11(16)14-4-5-15-10(6-14)12-7-13-15/h7-9H,2-6H2,1H3. The fraction of sp³-hybridized carbons (Fsp3) is 0.727. The molecule has 2 aliphatic rings. The number of fused-ring (bicyclic) bond motifs is 1. The molecular weight excluding hydrogens is 220 g/mol. The maximum absolute atomic E-state index is 12.2. The van der Waals surface area contributed by atoms with Crippen LogP contribution in [-0.2, 0) is 22.6 Å². The van der Waals surface area contributed by atoms with E-state index in [0.717, 1.165) is 25.2 Å². The van der Waals surface area contributed by atoms with E-state index in [1.807, 2.05) is 16.5 Å². The molecule has 1 amide bonds. The first-order chi connectivity index (χ1) is 8.24.